The molecular formula is C21H31N3O3. The number of hydrogen-bond donors (Lipinski definition) is 2. The second kappa shape index (κ2) is 9.11. The van der Waals surface area contributed by atoms with Crippen LogP contribution in [0.1, 0.15) is 49.3 Å². The third-order valence-corrected chi connectivity index (χ3v) is 5.68. The minimum absolute atomic E-state index is 0.0145. The highest BCUT2D eigenvalue weighted by Gasteiger charge is 2.27. The van der Waals surface area contributed by atoms with Crippen molar-refractivity contribution in [3.63, 3.8) is 0 Å². The number of carbonyl (C=O) groups is 1. The highest BCUT2D eigenvalue weighted by molar-refractivity contribution is 5.80. The lowest BCUT2D eigenvalue weighted by atomic mass is 9.88. The molecule has 0 aromatic heterocycles. The second-order valence-corrected chi connectivity index (χ2v) is 7.36. The van der Waals surface area contributed by atoms with E-state index in [0.29, 0.717) is 12.3 Å². The first-order valence-electron chi connectivity index (χ1n) is 10.1. The van der Waals surface area contributed by atoms with Gasteiger partial charge in [-0.3, -0.25) is 4.79 Å². The molecule has 1 aromatic carbocycles. The number of aryl methyl sites for hydroxylation is 1. The van der Waals surface area contributed by atoms with Crippen molar-refractivity contribution in [2.45, 2.75) is 52.0 Å². The number of phenolic OH excluding ortho intramolecular Hbond substituents is 1. The third-order valence-electron chi connectivity index (χ3n) is 5.68. The van der Waals surface area contributed by atoms with E-state index in [-0.39, 0.29) is 11.9 Å². The van der Waals surface area contributed by atoms with Gasteiger partial charge in [0.1, 0.15) is 5.75 Å². The zero-order valence-corrected chi connectivity index (χ0v) is 16.5. The molecule has 1 fully saturated rings. The number of aromatic hydroxyl groups is 1. The van der Waals surface area contributed by atoms with E-state index in [1.54, 1.807) is 0 Å². The van der Waals surface area contributed by atoms with E-state index in [4.69, 9.17) is 9.73 Å². The van der Waals surface area contributed by atoms with Crippen LogP contribution in [0, 0.1) is 5.92 Å². The van der Waals surface area contributed by atoms with Crippen molar-refractivity contribution in [1.82, 2.24) is 10.2 Å². The number of piperidine rings is 1. The second-order valence-electron chi connectivity index (χ2n) is 7.36. The number of esters is 1. The zero-order valence-electron chi connectivity index (χ0n) is 16.5. The summed E-state index contributed by atoms with van der Waals surface area (Å²) in [7, 11) is 1.45. The molecule has 0 atom stereocenters. The van der Waals surface area contributed by atoms with E-state index >= 15 is 0 Å². The normalized spacial score (nSPS) is 18.1. The summed E-state index contributed by atoms with van der Waals surface area (Å²) < 4.78 is 4.87. The van der Waals surface area contributed by atoms with Gasteiger partial charge in [-0.25, -0.2) is 4.99 Å². The van der Waals surface area contributed by atoms with Crippen LogP contribution in [0.5, 0.6) is 5.75 Å². The van der Waals surface area contributed by atoms with E-state index in [1.165, 1.54) is 31.1 Å². The van der Waals surface area contributed by atoms with Gasteiger partial charge in [0, 0.05) is 25.2 Å². The number of likely N-dealkylation sites (tertiary alicyclic amines) is 1. The monoisotopic (exact) mass is 373 g/mol. The summed E-state index contributed by atoms with van der Waals surface area (Å²) in [6, 6.07) is 3.86. The molecule has 1 heterocycles. The van der Waals surface area contributed by atoms with E-state index in [2.05, 4.69) is 23.2 Å². The SMILES string of the molecule is CCNC(=NCc1c(O)ccc2c1CCCC2)N1CCC(C(=O)OC)CC1. The molecule has 0 saturated carbocycles. The summed E-state index contributed by atoms with van der Waals surface area (Å²) in [5, 5.41) is 13.7. The van der Waals surface area contributed by atoms with Crippen LogP contribution in [-0.2, 0) is 28.9 Å². The number of ether oxygens (including phenoxy) is 1. The van der Waals surface area contributed by atoms with Gasteiger partial charge in [-0.1, -0.05) is 6.07 Å². The van der Waals surface area contributed by atoms with Crippen LogP contribution in [0.4, 0.5) is 0 Å². The van der Waals surface area contributed by atoms with Gasteiger partial charge in [0.05, 0.1) is 19.6 Å². The zero-order chi connectivity index (χ0) is 19.2. The fraction of sp³-hybridized carbons (Fsp3) is 0.619. The number of rotatable bonds is 4. The van der Waals surface area contributed by atoms with Gasteiger partial charge in [0.25, 0.3) is 0 Å². The molecule has 27 heavy (non-hydrogen) atoms. The first kappa shape index (κ1) is 19.5. The number of benzene rings is 1. The molecular weight excluding hydrogens is 342 g/mol. The third kappa shape index (κ3) is 4.54. The molecule has 0 bridgehead atoms. The average molecular weight is 373 g/mol. The van der Waals surface area contributed by atoms with Crippen molar-refractivity contribution in [2.75, 3.05) is 26.7 Å². The van der Waals surface area contributed by atoms with Crippen molar-refractivity contribution >= 4 is 11.9 Å². The maximum Gasteiger partial charge on any atom is 0.308 e. The smallest absolute Gasteiger partial charge is 0.308 e. The molecule has 1 aliphatic heterocycles. The number of guanidine groups is 1. The van der Waals surface area contributed by atoms with Gasteiger partial charge in [-0.2, -0.15) is 0 Å². The van der Waals surface area contributed by atoms with Crippen molar-refractivity contribution in [1.29, 1.82) is 0 Å². The molecule has 2 N–H and O–H groups in total. The molecule has 1 aliphatic carbocycles. The molecule has 1 aromatic rings. The fourth-order valence-corrected chi connectivity index (χ4v) is 4.14. The topological polar surface area (TPSA) is 74.2 Å². The number of methoxy groups -OCH3 is 1. The Bertz CT molecular complexity index is 694. The van der Waals surface area contributed by atoms with E-state index in [1.807, 2.05) is 6.07 Å². The van der Waals surface area contributed by atoms with Crippen molar-refractivity contribution < 1.29 is 14.6 Å². The molecule has 6 nitrogen and oxygen atoms in total. The van der Waals surface area contributed by atoms with Crippen LogP contribution in [0.3, 0.4) is 0 Å². The fourth-order valence-electron chi connectivity index (χ4n) is 4.14. The molecule has 1 saturated heterocycles. The van der Waals surface area contributed by atoms with Gasteiger partial charge in [-0.15, -0.1) is 0 Å². The first-order chi connectivity index (χ1) is 13.1. The number of phenols is 1. The van der Waals surface area contributed by atoms with E-state index < -0.39 is 0 Å². The Balaban J connectivity index is 1.73. The Morgan fingerprint density at radius 2 is 2.04 bits per heavy atom. The Morgan fingerprint density at radius 3 is 2.74 bits per heavy atom. The number of nitrogens with one attached hydrogen (secondary N) is 1. The summed E-state index contributed by atoms with van der Waals surface area (Å²) in [5.74, 6) is 1.07. The Labute approximate surface area is 161 Å². The highest BCUT2D eigenvalue weighted by Crippen LogP contribution is 2.31. The molecule has 0 unspecified atom stereocenters. The number of nitrogens with zero attached hydrogens (tertiary/aromatic N) is 2. The average Bonchev–Trinajstić information content (AvgIpc) is 2.71. The van der Waals surface area contributed by atoms with Crippen molar-refractivity contribution in [3.05, 3.63) is 28.8 Å². The van der Waals surface area contributed by atoms with Crippen LogP contribution < -0.4 is 5.32 Å². The van der Waals surface area contributed by atoms with Gasteiger partial charge in [-0.05, 0) is 62.6 Å². The number of hydrogen-bond acceptors (Lipinski definition) is 4. The molecule has 148 valence electrons. The summed E-state index contributed by atoms with van der Waals surface area (Å²) in [6.07, 6.45) is 6.07. The van der Waals surface area contributed by atoms with Gasteiger partial charge in [0.2, 0.25) is 0 Å². The van der Waals surface area contributed by atoms with Gasteiger partial charge in [0.15, 0.2) is 5.96 Å². The number of aliphatic imine (C=N–C) groups is 1. The predicted molar refractivity (Wildman–Crippen MR) is 106 cm³/mol. The van der Waals surface area contributed by atoms with Crippen LogP contribution in [0.2, 0.25) is 0 Å². The van der Waals surface area contributed by atoms with Gasteiger partial charge >= 0.3 is 5.97 Å². The molecule has 0 amide bonds. The molecule has 3 rings (SSSR count). The Kier molecular flexibility index (Phi) is 6.58. The summed E-state index contributed by atoms with van der Waals surface area (Å²) in [5.41, 5.74) is 3.60. The maximum atomic E-state index is 11.7. The van der Waals surface area contributed by atoms with Crippen molar-refractivity contribution in [2.24, 2.45) is 10.9 Å². The maximum absolute atomic E-state index is 11.7. The predicted octanol–water partition coefficient (Wildman–Crippen LogP) is 2.62. The Morgan fingerprint density at radius 1 is 1.30 bits per heavy atom. The van der Waals surface area contributed by atoms with Crippen molar-refractivity contribution in [3.8, 4) is 5.75 Å². The highest BCUT2D eigenvalue weighted by atomic mass is 16.5. The lowest BCUT2D eigenvalue weighted by molar-refractivity contribution is -0.146. The van der Waals surface area contributed by atoms with E-state index in [0.717, 1.165) is 56.8 Å². The summed E-state index contributed by atoms with van der Waals surface area (Å²) >= 11 is 0. The van der Waals surface area contributed by atoms with Crippen LogP contribution >= 0.6 is 0 Å². The Hall–Kier alpha value is -2.24. The van der Waals surface area contributed by atoms with Crippen LogP contribution in [0.25, 0.3) is 0 Å². The standard InChI is InChI=1S/C21H31N3O3/c1-3-22-21(24-12-10-16(11-13-24)20(26)27-2)23-14-18-17-7-5-4-6-15(17)8-9-19(18)25/h8-9,16,25H,3-7,10-14H2,1-2H3,(H,22,23). The lowest BCUT2D eigenvalue weighted by Gasteiger charge is -2.33. The summed E-state index contributed by atoms with van der Waals surface area (Å²) in [4.78, 5) is 18.8. The van der Waals surface area contributed by atoms with Gasteiger partial charge < -0.3 is 20.1 Å². The molecule has 6 heteroatoms. The minimum Gasteiger partial charge on any atom is -0.508 e. The molecule has 0 radical (unpaired) electrons. The number of carbonyl (C=O) groups excluding carboxylic acids is 1. The number of fused-ring (bicyclic) bond motifs is 1. The van der Waals surface area contributed by atoms with Crippen LogP contribution in [0.15, 0.2) is 17.1 Å². The van der Waals surface area contributed by atoms with E-state index in [9.17, 15) is 9.90 Å². The summed E-state index contributed by atoms with van der Waals surface area (Å²) in [6.45, 7) is 4.89. The largest absolute Gasteiger partial charge is 0.508 e. The molecule has 2 aliphatic rings. The first-order valence-corrected chi connectivity index (χ1v) is 10.1. The minimum atomic E-state index is -0.113. The lowest BCUT2D eigenvalue weighted by Crippen LogP contribution is -2.46. The molecule has 0 spiro atoms. The van der Waals surface area contributed by atoms with Crippen LogP contribution in [-0.4, -0.2) is 48.7 Å². The quantitative estimate of drug-likeness (QED) is 0.482.